The van der Waals surface area contributed by atoms with Crippen LogP contribution in [0.1, 0.15) is 0 Å². The predicted molar refractivity (Wildman–Crippen MR) is 39.1 cm³/mol. The molecule has 76 valence electrons. The summed E-state index contributed by atoms with van der Waals surface area (Å²) in [5.74, 6) is -7.30. The maximum atomic E-state index is 9.10. The van der Waals surface area contributed by atoms with Crippen LogP contribution in [0.5, 0.6) is 0 Å². The van der Waals surface area contributed by atoms with Crippen LogP contribution in [0, 0.1) is 0 Å². The van der Waals surface area contributed by atoms with E-state index in [-0.39, 0.29) is 17.1 Å². The molecule has 0 radical (unpaired) electrons. The Labute approximate surface area is 81.3 Å². The van der Waals surface area contributed by atoms with Gasteiger partial charge in [0.1, 0.15) is 0 Å². The molecule has 0 saturated carbocycles. The van der Waals surface area contributed by atoms with Crippen LogP contribution in [0.25, 0.3) is 0 Å². The quantitative estimate of drug-likeness (QED) is 0.274. The molecule has 0 aromatic carbocycles. The summed E-state index contributed by atoms with van der Waals surface area (Å²) in [7, 11) is 0. The van der Waals surface area contributed by atoms with Gasteiger partial charge in [0, 0.05) is 0 Å². The van der Waals surface area contributed by atoms with E-state index in [9.17, 15) is 0 Å². The van der Waals surface area contributed by atoms with Gasteiger partial charge in [-0.1, -0.05) is 0 Å². The normalized spacial score (nSPS) is 6.77. The average molecular weight is 261 g/mol. The standard InChI is InChI=1S/2C2H2O4.H2Se/c2*3-1(4)2(5)6;/h2*(H,3,4)(H,5,6);1H2. The minimum atomic E-state index is -1.82. The first kappa shape index (κ1) is 17.5. The summed E-state index contributed by atoms with van der Waals surface area (Å²) >= 11 is 0. The SMILES string of the molecule is O=C(O)C(=O)O.O=C(O)C(=O)O.[SeH2]. The Bertz CT molecular complexity index is 172. The van der Waals surface area contributed by atoms with Gasteiger partial charge in [-0.15, -0.1) is 0 Å². The van der Waals surface area contributed by atoms with Gasteiger partial charge in [-0.3, -0.25) is 0 Å². The molecule has 0 aliphatic carbocycles. The fourth-order valence-corrected chi connectivity index (χ4v) is 0. The van der Waals surface area contributed by atoms with Crippen molar-refractivity contribution in [2.75, 3.05) is 0 Å². The van der Waals surface area contributed by atoms with Gasteiger partial charge < -0.3 is 20.4 Å². The zero-order valence-electron chi connectivity index (χ0n) is 5.92. The van der Waals surface area contributed by atoms with Crippen LogP contribution in [0.15, 0.2) is 0 Å². The molecular formula is C4H6O8Se. The third-order valence-corrected chi connectivity index (χ3v) is 0.366. The summed E-state index contributed by atoms with van der Waals surface area (Å²) in [5, 5.41) is 29.6. The molecule has 0 bridgehead atoms. The zero-order chi connectivity index (χ0) is 10.3. The first-order valence-corrected chi connectivity index (χ1v) is 2.21. The summed E-state index contributed by atoms with van der Waals surface area (Å²) in [5.41, 5.74) is 0. The fourth-order valence-electron chi connectivity index (χ4n) is 0. The van der Waals surface area contributed by atoms with Gasteiger partial charge in [-0.2, -0.15) is 0 Å². The van der Waals surface area contributed by atoms with Crippen molar-refractivity contribution in [3.63, 3.8) is 0 Å². The Morgan fingerprint density at radius 2 is 0.615 bits per heavy atom. The second kappa shape index (κ2) is 8.50. The van der Waals surface area contributed by atoms with E-state index in [1.165, 1.54) is 0 Å². The van der Waals surface area contributed by atoms with E-state index in [4.69, 9.17) is 39.6 Å². The molecule has 13 heavy (non-hydrogen) atoms. The number of carboxylic acids is 4. The van der Waals surface area contributed by atoms with Crippen LogP contribution in [-0.2, 0) is 19.2 Å². The Kier molecular flexibility index (Phi) is 11.4. The van der Waals surface area contributed by atoms with Crippen molar-refractivity contribution in [3.8, 4) is 0 Å². The number of aliphatic carboxylic acids is 4. The molecule has 4 N–H and O–H groups in total. The molecule has 0 atom stereocenters. The third-order valence-electron chi connectivity index (χ3n) is 0.366. The molecule has 0 unspecified atom stereocenters. The van der Waals surface area contributed by atoms with Crippen LogP contribution in [0.4, 0.5) is 0 Å². The van der Waals surface area contributed by atoms with Gasteiger partial charge in [-0.05, 0) is 0 Å². The van der Waals surface area contributed by atoms with E-state index < -0.39 is 23.9 Å². The molecule has 0 aliphatic rings. The summed E-state index contributed by atoms with van der Waals surface area (Å²) in [6.45, 7) is 0. The van der Waals surface area contributed by atoms with Crippen LogP contribution in [-0.4, -0.2) is 61.4 Å². The van der Waals surface area contributed by atoms with Crippen molar-refractivity contribution in [1.29, 1.82) is 0 Å². The number of hydrogen-bond donors (Lipinski definition) is 4. The Morgan fingerprint density at radius 1 is 0.538 bits per heavy atom. The minimum absolute atomic E-state index is 0. The van der Waals surface area contributed by atoms with Crippen molar-refractivity contribution >= 4 is 40.9 Å². The van der Waals surface area contributed by atoms with E-state index in [2.05, 4.69) is 0 Å². The molecule has 0 rings (SSSR count). The summed E-state index contributed by atoms with van der Waals surface area (Å²) in [6, 6.07) is 0. The van der Waals surface area contributed by atoms with Crippen LogP contribution in [0.3, 0.4) is 0 Å². The van der Waals surface area contributed by atoms with Gasteiger partial charge in [0.15, 0.2) is 0 Å². The number of carbonyl (C=O) groups is 4. The van der Waals surface area contributed by atoms with E-state index in [1.54, 1.807) is 0 Å². The van der Waals surface area contributed by atoms with Gasteiger partial charge in [0.05, 0.1) is 0 Å². The van der Waals surface area contributed by atoms with Crippen LogP contribution >= 0.6 is 0 Å². The Morgan fingerprint density at radius 3 is 0.615 bits per heavy atom. The number of hydrogen-bond acceptors (Lipinski definition) is 4. The molecule has 8 nitrogen and oxygen atoms in total. The fraction of sp³-hybridized carbons (Fsp3) is 0. The van der Waals surface area contributed by atoms with Crippen LogP contribution < -0.4 is 0 Å². The zero-order valence-corrected chi connectivity index (χ0v) is 8.02. The monoisotopic (exact) mass is 262 g/mol. The topological polar surface area (TPSA) is 149 Å². The first-order chi connectivity index (χ1) is 5.29. The Balaban J connectivity index is -0.000000143. The maximum absolute atomic E-state index is 9.10. The third kappa shape index (κ3) is 17.9. The van der Waals surface area contributed by atoms with Gasteiger partial charge in [0.2, 0.25) is 0 Å². The molecule has 0 heterocycles. The molecule has 0 saturated heterocycles. The predicted octanol–water partition coefficient (Wildman–Crippen LogP) is -2.61. The van der Waals surface area contributed by atoms with Crippen molar-refractivity contribution < 1.29 is 39.6 Å². The molecule has 0 aliphatic heterocycles. The van der Waals surface area contributed by atoms with E-state index in [0.717, 1.165) is 0 Å². The second-order valence-corrected chi connectivity index (χ2v) is 1.22. The van der Waals surface area contributed by atoms with Crippen LogP contribution in [0.2, 0.25) is 0 Å². The van der Waals surface area contributed by atoms with Crippen molar-refractivity contribution in [3.05, 3.63) is 0 Å². The first-order valence-electron chi connectivity index (χ1n) is 2.21. The average Bonchev–Trinajstić information content (AvgIpc) is 1.88. The molecule has 0 amide bonds. The van der Waals surface area contributed by atoms with Crippen molar-refractivity contribution in [2.24, 2.45) is 0 Å². The Hall–Kier alpha value is -1.60. The van der Waals surface area contributed by atoms with Gasteiger partial charge in [0.25, 0.3) is 0 Å². The van der Waals surface area contributed by atoms with Crippen molar-refractivity contribution in [1.82, 2.24) is 0 Å². The molecule has 9 heteroatoms. The number of carboxylic acid groups (broad SMARTS) is 4. The van der Waals surface area contributed by atoms with Crippen molar-refractivity contribution in [2.45, 2.75) is 0 Å². The van der Waals surface area contributed by atoms with E-state index in [1.807, 2.05) is 0 Å². The van der Waals surface area contributed by atoms with Gasteiger partial charge >= 0.3 is 40.9 Å². The van der Waals surface area contributed by atoms with Gasteiger partial charge in [-0.25, -0.2) is 19.2 Å². The molecule has 0 aromatic heterocycles. The summed E-state index contributed by atoms with van der Waals surface area (Å²) < 4.78 is 0. The molecular weight excluding hydrogens is 255 g/mol. The number of rotatable bonds is 0. The van der Waals surface area contributed by atoms with E-state index in [0.29, 0.717) is 0 Å². The molecule has 0 spiro atoms. The second-order valence-electron chi connectivity index (χ2n) is 1.22. The molecule has 0 aromatic rings. The molecule has 0 fully saturated rings. The van der Waals surface area contributed by atoms with E-state index >= 15 is 0 Å². The summed E-state index contributed by atoms with van der Waals surface area (Å²) in [4.78, 5) is 36.4. The summed E-state index contributed by atoms with van der Waals surface area (Å²) in [6.07, 6.45) is 0.